The van der Waals surface area contributed by atoms with Gasteiger partial charge < -0.3 is 5.11 Å². The summed E-state index contributed by atoms with van der Waals surface area (Å²) in [6.45, 7) is 0. The monoisotopic (exact) mass is 439 g/mol. The Hall–Kier alpha value is -0.0600. The number of nitrogens with zero attached hydrogens (tertiary/aromatic N) is 1. The van der Waals surface area contributed by atoms with Crippen molar-refractivity contribution in [1.29, 1.82) is 0 Å². The average Bonchev–Trinajstić information content (AvgIpc) is 2.09. The molecule has 0 saturated carbocycles. The molecule has 15 heavy (non-hydrogen) atoms. The van der Waals surface area contributed by atoms with Crippen molar-refractivity contribution in [2.45, 2.75) is 12.8 Å². The van der Waals surface area contributed by atoms with Crippen molar-refractivity contribution < 1.29 is 18.7 Å². The summed E-state index contributed by atoms with van der Waals surface area (Å²) in [6, 6.07) is 0. The molecule has 0 radical (unpaired) electrons. The maximum absolute atomic E-state index is 12.6. The Morgan fingerprint density at radius 3 is 2.60 bits per heavy atom. The van der Waals surface area contributed by atoms with E-state index in [2.05, 4.69) is 4.98 Å². The highest BCUT2D eigenvalue weighted by Gasteiger charge is 2.20. The highest BCUT2D eigenvalue weighted by molar-refractivity contribution is 14.1. The average molecular weight is 439 g/mol. The van der Waals surface area contributed by atoms with E-state index in [1.54, 1.807) is 45.2 Å². The van der Waals surface area contributed by atoms with Gasteiger partial charge in [-0.15, -0.1) is 0 Å². The first-order valence-corrected chi connectivity index (χ1v) is 5.92. The van der Waals surface area contributed by atoms with Crippen molar-refractivity contribution >= 4 is 51.2 Å². The van der Waals surface area contributed by atoms with Crippen molar-refractivity contribution in [2.75, 3.05) is 0 Å². The fourth-order valence-electron chi connectivity index (χ4n) is 0.988. The van der Waals surface area contributed by atoms with Crippen LogP contribution < -0.4 is 0 Å². The van der Waals surface area contributed by atoms with Gasteiger partial charge in [0.15, 0.2) is 0 Å². The van der Waals surface area contributed by atoms with Crippen LogP contribution in [0.4, 0.5) is 8.78 Å². The van der Waals surface area contributed by atoms with Gasteiger partial charge in [-0.05, 0) is 45.2 Å². The van der Waals surface area contributed by atoms with Gasteiger partial charge in [-0.3, -0.25) is 9.78 Å². The van der Waals surface area contributed by atoms with Crippen LogP contribution >= 0.6 is 45.2 Å². The summed E-state index contributed by atoms with van der Waals surface area (Å²) < 4.78 is 25.8. The predicted octanol–water partition coefficient (Wildman–Crippen LogP) is 2.86. The zero-order valence-corrected chi connectivity index (χ0v) is 11.5. The van der Waals surface area contributed by atoms with Crippen LogP contribution in [0.3, 0.4) is 0 Å². The predicted molar refractivity (Wildman–Crippen MR) is 66.0 cm³/mol. The van der Waals surface area contributed by atoms with E-state index >= 15 is 0 Å². The number of aromatic nitrogens is 1. The summed E-state index contributed by atoms with van der Waals surface area (Å²) in [5.74, 6) is -1.08. The van der Waals surface area contributed by atoms with Gasteiger partial charge in [0.05, 0.1) is 12.1 Å². The number of halogens is 4. The molecule has 0 atom stereocenters. The third kappa shape index (κ3) is 3.20. The third-order valence-corrected chi connectivity index (χ3v) is 3.68. The lowest BCUT2D eigenvalue weighted by molar-refractivity contribution is -0.136. The van der Waals surface area contributed by atoms with Crippen LogP contribution in [-0.4, -0.2) is 16.1 Å². The smallest absolute Gasteiger partial charge is 0.309 e. The highest BCUT2D eigenvalue weighted by atomic mass is 127. The van der Waals surface area contributed by atoms with E-state index in [9.17, 15) is 13.6 Å². The summed E-state index contributed by atoms with van der Waals surface area (Å²) in [5, 5.41) is 8.56. The Labute approximate surface area is 112 Å². The second-order valence-corrected chi connectivity index (χ2v) is 4.89. The minimum Gasteiger partial charge on any atom is -0.481 e. The second-order valence-electron chi connectivity index (χ2n) is 2.65. The molecule has 0 aromatic carbocycles. The zero-order valence-electron chi connectivity index (χ0n) is 7.18. The maximum atomic E-state index is 12.6. The van der Waals surface area contributed by atoms with Gasteiger partial charge in [-0.2, -0.15) is 0 Å². The molecule has 1 aromatic heterocycles. The molecule has 0 aliphatic carbocycles. The SMILES string of the molecule is O=C(O)Cc1ncc(I)c(C(F)F)c1I. The number of hydrogen-bond donors (Lipinski definition) is 1. The van der Waals surface area contributed by atoms with E-state index in [1.165, 1.54) is 6.20 Å². The van der Waals surface area contributed by atoms with Crippen LogP contribution in [0, 0.1) is 7.14 Å². The number of aliphatic carboxylic acids is 1. The van der Waals surface area contributed by atoms with Crippen LogP contribution in [0.25, 0.3) is 0 Å². The molecule has 1 N–H and O–H groups in total. The molecule has 0 aliphatic heterocycles. The topological polar surface area (TPSA) is 50.2 Å². The lowest BCUT2D eigenvalue weighted by Gasteiger charge is -2.09. The number of carbonyl (C=O) groups is 1. The van der Waals surface area contributed by atoms with Crippen LogP contribution in [-0.2, 0) is 11.2 Å². The van der Waals surface area contributed by atoms with E-state index < -0.39 is 12.4 Å². The molecular weight excluding hydrogens is 434 g/mol. The van der Waals surface area contributed by atoms with Crippen molar-refractivity contribution in [3.8, 4) is 0 Å². The summed E-state index contributed by atoms with van der Waals surface area (Å²) in [5.41, 5.74) is 0.0428. The molecule has 0 amide bonds. The first-order valence-electron chi connectivity index (χ1n) is 3.76. The van der Waals surface area contributed by atoms with E-state index in [0.717, 1.165) is 0 Å². The summed E-state index contributed by atoms with van der Waals surface area (Å²) in [6.07, 6.45) is -1.68. The Balaban J connectivity index is 3.22. The van der Waals surface area contributed by atoms with Gasteiger partial charge in [0.25, 0.3) is 6.43 Å². The fourth-order valence-corrected chi connectivity index (χ4v) is 3.00. The molecule has 82 valence electrons. The largest absolute Gasteiger partial charge is 0.481 e. The summed E-state index contributed by atoms with van der Waals surface area (Å²) in [4.78, 5) is 14.3. The molecule has 0 bridgehead atoms. The van der Waals surface area contributed by atoms with Crippen molar-refractivity contribution in [3.63, 3.8) is 0 Å². The van der Waals surface area contributed by atoms with Gasteiger partial charge in [0.1, 0.15) is 0 Å². The molecule has 1 aromatic rings. The Morgan fingerprint density at radius 2 is 2.13 bits per heavy atom. The quantitative estimate of drug-likeness (QED) is 0.738. The molecule has 1 rings (SSSR count). The molecular formula is C8H5F2I2NO2. The van der Waals surface area contributed by atoms with E-state index in [0.29, 0.717) is 3.57 Å². The summed E-state index contributed by atoms with van der Waals surface area (Å²) in [7, 11) is 0. The fraction of sp³-hybridized carbons (Fsp3) is 0.250. The molecule has 1 heterocycles. The van der Waals surface area contributed by atoms with E-state index in [4.69, 9.17) is 5.11 Å². The first-order chi connectivity index (χ1) is 6.93. The number of hydrogen-bond acceptors (Lipinski definition) is 2. The number of rotatable bonds is 3. The molecule has 0 saturated heterocycles. The standard InChI is InChI=1S/C8H5F2I2NO2/c9-8(10)6-3(11)2-13-4(7(6)12)1-5(14)15/h2,8H,1H2,(H,14,15). The second kappa shape index (κ2) is 5.32. The highest BCUT2D eigenvalue weighted by Crippen LogP contribution is 2.30. The maximum Gasteiger partial charge on any atom is 0.309 e. The number of carboxylic acids is 1. The molecule has 0 aliphatic rings. The van der Waals surface area contributed by atoms with Crippen molar-refractivity contribution in [1.82, 2.24) is 4.98 Å². The van der Waals surface area contributed by atoms with Crippen molar-refractivity contribution in [2.24, 2.45) is 0 Å². The third-order valence-electron chi connectivity index (χ3n) is 1.62. The lowest BCUT2D eigenvalue weighted by atomic mass is 10.2. The van der Waals surface area contributed by atoms with Crippen LogP contribution in [0.2, 0.25) is 0 Å². The number of pyridine rings is 1. The first kappa shape index (κ1) is 13.0. The van der Waals surface area contributed by atoms with Crippen LogP contribution in [0.1, 0.15) is 17.7 Å². The van der Waals surface area contributed by atoms with E-state index in [-0.39, 0.29) is 21.2 Å². The van der Waals surface area contributed by atoms with Gasteiger partial charge in [0.2, 0.25) is 0 Å². The number of alkyl halides is 2. The minimum atomic E-state index is -2.61. The molecule has 3 nitrogen and oxygen atoms in total. The Morgan fingerprint density at radius 1 is 1.53 bits per heavy atom. The number of carboxylic acid groups (broad SMARTS) is 1. The molecule has 0 fully saturated rings. The molecule has 0 spiro atoms. The molecule has 7 heteroatoms. The minimum absolute atomic E-state index is 0.137. The van der Waals surface area contributed by atoms with Gasteiger partial charge >= 0.3 is 5.97 Å². The van der Waals surface area contributed by atoms with Crippen LogP contribution in [0.5, 0.6) is 0 Å². The normalized spacial score (nSPS) is 10.7. The lowest BCUT2D eigenvalue weighted by Crippen LogP contribution is -2.08. The van der Waals surface area contributed by atoms with Crippen molar-refractivity contribution in [3.05, 3.63) is 24.6 Å². The Bertz CT molecular complexity index is 398. The summed E-state index contributed by atoms with van der Waals surface area (Å²) >= 11 is 3.46. The van der Waals surface area contributed by atoms with Gasteiger partial charge in [-0.25, -0.2) is 8.78 Å². The molecule has 0 unspecified atom stereocenters. The zero-order chi connectivity index (χ0) is 11.6. The van der Waals surface area contributed by atoms with E-state index in [1.807, 2.05) is 0 Å². The van der Waals surface area contributed by atoms with Gasteiger partial charge in [0, 0.05) is 18.9 Å². The Kier molecular flexibility index (Phi) is 4.62. The van der Waals surface area contributed by atoms with Crippen LogP contribution in [0.15, 0.2) is 6.20 Å². The van der Waals surface area contributed by atoms with Gasteiger partial charge in [-0.1, -0.05) is 0 Å².